The molecule has 2 aromatic rings. The highest BCUT2D eigenvalue weighted by Gasteiger charge is 2.36. The predicted octanol–water partition coefficient (Wildman–Crippen LogP) is 4.21. The molecule has 0 amide bonds. The average Bonchev–Trinajstić information content (AvgIpc) is 2.78. The van der Waals surface area contributed by atoms with Crippen molar-refractivity contribution in [3.8, 4) is 5.75 Å². The molecule has 1 nitrogen and oxygen atoms in total. The summed E-state index contributed by atoms with van der Waals surface area (Å²) in [6.07, 6.45) is 0. The number of ether oxygens (including phenoxy) is 1. The van der Waals surface area contributed by atoms with Crippen LogP contribution in [0.5, 0.6) is 5.75 Å². The van der Waals surface area contributed by atoms with Crippen LogP contribution in [0.3, 0.4) is 0 Å². The maximum Gasteiger partial charge on any atom is 0.118 e. The number of hydrogen-bond donors (Lipinski definition) is 0. The standard InChI is InChI=1S/C16H16OS/c1-16(13-7-9-14(17-2)10-8-13)15-6-4-3-5-12(15)11-18-16/h3-10H,11H2,1-2H3. The van der Waals surface area contributed by atoms with E-state index in [-0.39, 0.29) is 4.75 Å². The minimum absolute atomic E-state index is 0.0723. The SMILES string of the molecule is COc1ccc(C2(C)SCc3ccccc32)cc1. The van der Waals surface area contributed by atoms with Crippen LogP contribution in [-0.2, 0) is 10.5 Å². The summed E-state index contributed by atoms with van der Waals surface area (Å²) in [5, 5.41) is 0. The van der Waals surface area contributed by atoms with Crippen molar-refractivity contribution in [3.05, 3.63) is 65.2 Å². The van der Waals surface area contributed by atoms with Gasteiger partial charge in [-0.3, -0.25) is 0 Å². The van der Waals surface area contributed by atoms with Crippen LogP contribution in [-0.4, -0.2) is 7.11 Å². The Morgan fingerprint density at radius 2 is 1.78 bits per heavy atom. The van der Waals surface area contributed by atoms with E-state index in [1.54, 1.807) is 7.11 Å². The molecule has 92 valence electrons. The molecule has 0 aliphatic carbocycles. The van der Waals surface area contributed by atoms with Crippen molar-refractivity contribution in [2.45, 2.75) is 17.4 Å². The lowest BCUT2D eigenvalue weighted by atomic mass is 9.89. The first-order valence-corrected chi connectivity index (χ1v) is 7.09. The third-order valence-corrected chi connectivity index (χ3v) is 5.18. The van der Waals surface area contributed by atoms with Crippen molar-refractivity contribution in [2.75, 3.05) is 7.11 Å². The molecule has 2 aromatic carbocycles. The van der Waals surface area contributed by atoms with Crippen molar-refractivity contribution in [2.24, 2.45) is 0 Å². The van der Waals surface area contributed by atoms with Crippen molar-refractivity contribution < 1.29 is 4.74 Å². The summed E-state index contributed by atoms with van der Waals surface area (Å²) in [7, 11) is 1.70. The molecule has 18 heavy (non-hydrogen) atoms. The lowest BCUT2D eigenvalue weighted by Crippen LogP contribution is -2.15. The third-order valence-electron chi connectivity index (χ3n) is 3.69. The molecule has 1 heterocycles. The monoisotopic (exact) mass is 256 g/mol. The number of benzene rings is 2. The highest BCUT2D eigenvalue weighted by molar-refractivity contribution is 8.00. The third kappa shape index (κ3) is 1.72. The Morgan fingerprint density at radius 3 is 2.50 bits per heavy atom. The Balaban J connectivity index is 2.05. The normalized spacial score (nSPS) is 21.7. The molecule has 0 saturated carbocycles. The fourth-order valence-corrected chi connectivity index (χ4v) is 3.91. The minimum Gasteiger partial charge on any atom is -0.497 e. The molecule has 2 heteroatoms. The number of methoxy groups -OCH3 is 1. The molecule has 0 spiro atoms. The van der Waals surface area contributed by atoms with Crippen LogP contribution < -0.4 is 4.74 Å². The molecule has 1 aliphatic rings. The van der Waals surface area contributed by atoms with E-state index in [9.17, 15) is 0 Å². The van der Waals surface area contributed by atoms with Crippen LogP contribution >= 0.6 is 11.8 Å². The maximum absolute atomic E-state index is 5.23. The van der Waals surface area contributed by atoms with E-state index in [2.05, 4.69) is 43.3 Å². The molecule has 0 aromatic heterocycles. The fraction of sp³-hybridized carbons (Fsp3) is 0.250. The highest BCUT2D eigenvalue weighted by atomic mass is 32.2. The molecule has 0 saturated heterocycles. The molecular weight excluding hydrogens is 240 g/mol. The van der Waals surface area contributed by atoms with Gasteiger partial charge in [-0.2, -0.15) is 0 Å². The Labute approximate surface area is 112 Å². The van der Waals surface area contributed by atoms with Crippen LogP contribution in [0.25, 0.3) is 0 Å². The van der Waals surface area contributed by atoms with E-state index >= 15 is 0 Å². The average molecular weight is 256 g/mol. The zero-order chi connectivity index (χ0) is 12.6. The summed E-state index contributed by atoms with van der Waals surface area (Å²) in [6.45, 7) is 2.31. The van der Waals surface area contributed by atoms with Crippen LogP contribution in [0.4, 0.5) is 0 Å². The van der Waals surface area contributed by atoms with Crippen LogP contribution in [0, 0.1) is 0 Å². The highest BCUT2D eigenvalue weighted by Crippen LogP contribution is 2.51. The van der Waals surface area contributed by atoms with Crippen LogP contribution in [0.2, 0.25) is 0 Å². The van der Waals surface area contributed by atoms with E-state index < -0.39 is 0 Å². The Hall–Kier alpha value is -1.41. The zero-order valence-electron chi connectivity index (χ0n) is 10.6. The van der Waals surface area contributed by atoms with Gasteiger partial charge < -0.3 is 4.74 Å². The number of hydrogen-bond acceptors (Lipinski definition) is 2. The van der Waals surface area contributed by atoms with Gasteiger partial charge in [0.15, 0.2) is 0 Å². The molecule has 0 fully saturated rings. The number of fused-ring (bicyclic) bond motifs is 1. The summed E-state index contributed by atoms with van der Waals surface area (Å²) in [6, 6.07) is 17.2. The van der Waals surface area contributed by atoms with E-state index in [4.69, 9.17) is 4.74 Å². The van der Waals surface area contributed by atoms with E-state index in [1.807, 2.05) is 23.9 Å². The van der Waals surface area contributed by atoms with E-state index in [1.165, 1.54) is 16.7 Å². The van der Waals surface area contributed by atoms with E-state index in [0.717, 1.165) is 11.5 Å². The van der Waals surface area contributed by atoms with Crippen LogP contribution in [0.1, 0.15) is 23.6 Å². The second-order valence-corrected chi connectivity index (χ2v) is 6.10. The Bertz CT molecular complexity index is 562. The number of thioether (sulfide) groups is 1. The van der Waals surface area contributed by atoms with Crippen molar-refractivity contribution in [1.82, 2.24) is 0 Å². The Morgan fingerprint density at radius 1 is 1.06 bits per heavy atom. The summed E-state index contributed by atoms with van der Waals surface area (Å²) >= 11 is 2.00. The first-order chi connectivity index (χ1) is 8.74. The van der Waals surface area contributed by atoms with E-state index in [0.29, 0.717) is 0 Å². The van der Waals surface area contributed by atoms with Gasteiger partial charge >= 0.3 is 0 Å². The fourth-order valence-electron chi connectivity index (χ4n) is 2.56. The molecule has 0 N–H and O–H groups in total. The molecule has 3 rings (SSSR count). The molecule has 1 unspecified atom stereocenters. The number of rotatable bonds is 2. The Kier molecular flexibility index (Phi) is 2.83. The summed E-state index contributed by atoms with van der Waals surface area (Å²) in [5.41, 5.74) is 4.25. The van der Waals surface area contributed by atoms with Crippen molar-refractivity contribution in [3.63, 3.8) is 0 Å². The van der Waals surface area contributed by atoms with Crippen molar-refractivity contribution in [1.29, 1.82) is 0 Å². The van der Waals surface area contributed by atoms with Crippen LogP contribution in [0.15, 0.2) is 48.5 Å². The molecule has 1 aliphatic heterocycles. The first kappa shape index (κ1) is 11.7. The zero-order valence-corrected chi connectivity index (χ0v) is 11.5. The van der Waals surface area contributed by atoms with Gasteiger partial charge in [-0.15, -0.1) is 11.8 Å². The molecule has 0 radical (unpaired) electrons. The topological polar surface area (TPSA) is 9.23 Å². The minimum atomic E-state index is 0.0723. The van der Waals surface area contributed by atoms with Gasteiger partial charge in [-0.1, -0.05) is 36.4 Å². The second-order valence-electron chi connectivity index (χ2n) is 4.71. The summed E-state index contributed by atoms with van der Waals surface area (Å²) < 4.78 is 5.30. The first-order valence-electron chi connectivity index (χ1n) is 6.11. The lowest BCUT2D eigenvalue weighted by Gasteiger charge is -2.25. The summed E-state index contributed by atoms with van der Waals surface area (Å²) in [4.78, 5) is 0. The quantitative estimate of drug-likeness (QED) is 0.796. The predicted molar refractivity (Wildman–Crippen MR) is 77.2 cm³/mol. The molecular formula is C16H16OS. The van der Waals surface area contributed by atoms with Gasteiger partial charge in [-0.05, 0) is 35.7 Å². The lowest BCUT2D eigenvalue weighted by molar-refractivity contribution is 0.414. The second kappa shape index (κ2) is 4.36. The van der Waals surface area contributed by atoms with Gasteiger partial charge in [0.1, 0.15) is 5.75 Å². The maximum atomic E-state index is 5.23. The largest absolute Gasteiger partial charge is 0.497 e. The molecule has 1 atom stereocenters. The van der Waals surface area contributed by atoms with Gasteiger partial charge in [0.05, 0.1) is 11.9 Å². The van der Waals surface area contributed by atoms with Gasteiger partial charge in [0.25, 0.3) is 0 Å². The van der Waals surface area contributed by atoms with Crippen molar-refractivity contribution >= 4 is 11.8 Å². The molecule has 0 bridgehead atoms. The van der Waals surface area contributed by atoms with Gasteiger partial charge in [-0.25, -0.2) is 0 Å². The van der Waals surface area contributed by atoms with Gasteiger partial charge in [0.2, 0.25) is 0 Å². The smallest absolute Gasteiger partial charge is 0.118 e. The van der Waals surface area contributed by atoms with Gasteiger partial charge in [0, 0.05) is 5.75 Å². The summed E-state index contributed by atoms with van der Waals surface area (Å²) in [5.74, 6) is 2.01.